The fourth-order valence-corrected chi connectivity index (χ4v) is 2.92. The first kappa shape index (κ1) is 12.4. The lowest BCUT2D eigenvalue weighted by atomic mass is 9.70. The SMILES string of the molecule is CCC(C)C(N)C(=O)N1C2CC(C2)C[C@H]1C#N. The summed E-state index contributed by atoms with van der Waals surface area (Å²) in [5, 5.41) is 9.14. The van der Waals surface area contributed by atoms with Crippen molar-refractivity contribution in [2.45, 2.75) is 57.7 Å². The van der Waals surface area contributed by atoms with Gasteiger partial charge in [0.1, 0.15) is 6.04 Å². The maximum atomic E-state index is 12.4. The third-order valence-corrected chi connectivity index (χ3v) is 4.44. The predicted octanol–water partition coefficient (Wildman–Crippen LogP) is 1.26. The lowest BCUT2D eigenvalue weighted by Gasteiger charge is -2.52. The van der Waals surface area contributed by atoms with Gasteiger partial charge in [-0.15, -0.1) is 0 Å². The number of piperidine rings is 2. The lowest BCUT2D eigenvalue weighted by molar-refractivity contribution is -0.146. The van der Waals surface area contributed by atoms with E-state index >= 15 is 0 Å². The maximum absolute atomic E-state index is 12.4. The molecule has 2 aliphatic heterocycles. The fraction of sp³-hybridized carbons (Fsp3) is 0.846. The summed E-state index contributed by atoms with van der Waals surface area (Å²) < 4.78 is 0. The van der Waals surface area contributed by atoms with Gasteiger partial charge in [-0.1, -0.05) is 20.3 Å². The smallest absolute Gasteiger partial charge is 0.241 e. The monoisotopic (exact) mass is 235 g/mol. The summed E-state index contributed by atoms with van der Waals surface area (Å²) in [5.41, 5.74) is 6.00. The number of fused-ring (bicyclic) bond motifs is 2. The fourth-order valence-electron chi connectivity index (χ4n) is 2.92. The van der Waals surface area contributed by atoms with Gasteiger partial charge in [-0.3, -0.25) is 4.79 Å². The molecule has 4 heteroatoms. The van der Waals surface area contributed by atoms with E-state index in [4.69, 9.17) is 11.0 Å². The van der Waals surface area contributed by atoms with E-state index in [0.717, 1.165) is 25.7 Å². The van der Waals surface area contributed by atoms with Gasteiger partial charge in [0, 0.05) is 6.04 Å². The van der Waals surface area contributed by atoms with Crippen molar-refractivity contribution in [1.82, 2.24) is 4.90 Å². The number of nitriles is 1. The number of hydrogen-bond acceptors (Lipinski definition) is 3. The van der Waals surface area contributed by atoms with Crippen LogP contribution in [0.5, 0.6) is 0 Å². The molecule has 2 bridgehead atoms. The molecule has 2 N–H and O–H groups in total. The Hall–Kier alpha value is -1.08. The first-order chi connectivity index (χ1) is 8.08. The molecular weight excluding hydrogens is 214 g/mol. The van der Waals surface area contributed by atoms with E-state index in [-0.39, 0.29) is 23.9 Å². The van der Waals surface area contributed by atoms with Gasteiger partial charge >= 0.3 is 0 Å². The van der Waals surface area contributed by atoms with Gasteiger partial charge < -0.3 is 10.6 Å². The summed E-state index contributed by atoms with van der Waals surface area (Å²) in [6.45, 7) is 4.03. The maximum Gasteiger partial charge on any atom is 0.241 e. The normalized spacial score (nSPS) is 34.5. The Morgan fingerprint density at radius 1 is 1.53 bits per heavy atom. The van der Waals surface area contributed by atoms with Crippen molar-refractivity contribution in [3.8, 4) is 6.07 Å². The van der Waals surface area contributed by atoms with Crippen molar-refractivity contribution in [2.24, 2.45) is 17.6 Å². The zero-order valence-electron chi connectivity index (χ0n) is 10.6. The van der Waals surface area contributed by atoms with Gasteiger partial charge in [-0.2, -0.15) is 5.26 Å². The summed E-state index contributed by atoms with van der Waals surface area (Å²) >= 11 is 0. The van der Waals surface area contributed by atoms with Gasteiger partial charge in [0.25, 0.3) is 0 Å². The summed E-state index contributed by atoms with van der Waals surface area (Å²) in [4.78, 5) is 14.1. The van der Waals surface area contributed by atoms with E-state index < -0.39 is 6.04 Å². The largest absolute Gasteiger partial charge is 0.322 e. The molecule has 0 aromatic heterocycles. The summed E-state index contributed by atoms with van der Waals surface area (Å²) in [7, 11) is 0. The summed E-state index contributed by atoms with van der Waals surface area (Å²) in [6.07, 6.45) is 3.87. The molecule has 1 amide bonds. The van der Waals surface area contributed by atoms with Crippen LogP contribution in [0.3, 0.4) is 0 Å². The molecule has 2 unspecified atom stereocenters. The van der Waals surface area contributed by atoms with Crippen molar-refractivity contribution in [2.75, 3.05) is 0 Å². The van der Waals surface area contributed by atoms with Crippen LogP contribution >= 0.6 is 0 Å². The highest BCUT2D eigenvalue weighted by Crippen LogP contribution is 2.42. The van der Waals surface area contributed by atoms with Crippen LogP contribution in [-0.2, 0) is 4.79 Å². The third-order valence-electron chi connectivity index (χ3n) is 4.44. The van der Waals surface area contributed by atoms with Crippen molar-refractivity contribution in [3.63, 3.8) is 0 Å². The molecule has 3 atom stereocenters. The molecule has 0 aromatic carbocycles. The van der Waals surface area contributed by atoms with Crippen LogP contribution in [0, 0.1) is 23.2 Å². The minimum Gasteiger partial charge on any atom is -0.322 e. The average Bonchev–Trinajstić information content (AvgIpc) is 2.34. The van der Waals surface area contributed by atoms with E-state index in [1.807, 2.05) is 13.8 Å². The molecule has 1 aliphatic carbocycles. The number of amides is 1. The average molecular weight is 235 g/mol. The molecule has 3 aliphatic rings. The first-order valence-corrected chi connectivity index (χ1v) is 6.55. The quantitative estimate of drug-likeness (QED) is 0.800. The van der Waals surface area contributed by atoms with Crippen molar-refractivity contribution in [1.29, 1.82) is 5.26 Å². The standard InChI is InChI=1S/C13H21N3O/c1-3-8(2)12(15)13(17)16-10-4-9(5-10)6-11(16)7-14/h8-12H,3-6,15H2,1-2H3/t8?,9?,10?,11-,12?/m0/s1. The number of rotatable bonds is 3. The molecule has 3 fully saturated rings. The summed E-state index contributed by atoms with van der Waals surface area (Å²) in [6, 6.07) is 1.84. The molecule has 94 valence electrons. The molecule has 0 aromatic rings. The molecule has 0 radical (unpaired) electrons. The zero-order valence-corrected chi connectivity index (χ0v) is 10.6. The van der Waals surface area contributed by atoms with Gasteiger partial charge in [0.2, 0.25) is 5.91 Å². The molecule has 3 rings (SSSR count). The highest BCUT2D eigenvalue weighted by atomic mass is 16.2. The van der Waals surface area contributed by atoms with Crippen LogP contribution in [0.25, 0.3) is 0 Å². The highest BCUT2D eigenvalue weighted by molar-refractivity contribution is 5.83. The Labute approximate surface area is 103 Å². The Morgan fingerprint density at radius 3 is 2.71 bits per heavy atom. The number of carbonyl (C=O) groups excluding carboxylic acids is 1. The predicted molar refractivity (Wildman–Crippen MR) is 64.8 cm³/mol. The van der Waals surface area contributed by atoms with Gasteiger partial charge in [0.05, 0.1) is 12.1 Å². The van der Waals surface area contributed by atoms with Crippen LogP contribution in [0.4, 0.5) is 0 Å². The molecule has 4 nitrogen and oxygen atoms in total. The van der Waals surface area contributed by atoms with Gasteiger partial charge in [-0.25, -0.2) is 0 Å². The Balaban J connectivity index is 2.09. The van der Waals surface area contributed by atoms with Crippen LogP contribution in [0.2, 0.25) is 0 Å². The number of carbonyl (C=O) groups is 1. The van der Waals surface area contributed by atoms with Crippen LogP contribution in [0.1, 0.15) is 39.5 Å². The minimum atomic E-state index is -0.451. The van der Waals surface area contributed by atoms with E-state index in [1.165, 1.54) is 0 Å². The number of nitrogens with two attached hydrogens (primary N) is 1. The van der Waals surface area contributed by atoms with Gasteiger partial charge in [-0.05, 0) is 31.1 Å². The van der Waals surface area contributed by atoms with E-state index in [2.05, 4.69) is 6.07 Å². The Morgan fingerprint density at radius 2 is 2.18 bits per heavy atom. The second-order valence-electron chi connectivity index (χ2n) is 5.53. The van der Waals surface area contributed by atoms with Crippen LogP contribution in [0.15, 0.2) is 0 Å². The summed E-state index contributed by atoms with van der Waals surface area (Å²) in [5.74, 6) is 0.821. The second-order valence-corrected chi connectivity index (χ2v) is 5.53. The molecule has 1 saturated carbocycles. The lowest BCUT2D eigenvalue weighted by Crippen LogP contribution is -2.62. The van der Waals surface area contributed by atoms with Gasteiger partial charge in [0.15, 0.2) is 0 Å². The highest BCUT2D eigenvalue weighted by Gasteiger charge is 2.47. The van der Waals surface area contributed by atoms with Crippen molar-refractivity contribution < 1.29 is 4.79 Å². The number of nitrogens with zero attached hydrogens (tertiary/aromatic N) is 2. The van der Waals surface area contributed by atoms with Crippen molar-refractivity contribution >= 4 is 5.91 Å². The topological polar surface area (TPSA) is 70.1 Å². The zero-order chi connectivity index (χ0) is 12.6. The van der Waals surface area contributed by atoms with E-state index in [0.29, 0.717) is 5.92 Å². The Bertz CT molecular complexity index is 343. The molecule has 2 heterocycles. The second kappa shape index (κ2) is 4.66. The molecular formula is C13H21N3O. The van der Waals surface area contributed by atoms with E-state index in [1.54, 1.807) is 4.90 Å². The van der Waals surface area contributed by atoms with E-state index in [9.17, 15) is 4.79 Å². The minimum absolute atomic E-state index is 0.0194. The molecule has 0 spiro atoms. The molecule has 2 saturated heterocycles. The third kappa shape index (κ3) is 2.04. The van der Waals surface area contributed by atoms with Crippen LogP contribution < -0.4 is 5.73 Å². The Kier molecular flexibility index (Phi) is 3.39. The molecule has 17 heavy (non-hydrogen) atoms. The van der Waals surface area contributed by atoms with Crippen LogP contribution in [-0.4, -0.2) is 28.9 Å². The first-order valence-electron chi connectivity index (χ1n) is 6.55. The van der Waals surface area contributed by atoms with Crippen molar-refractivity contribution in [3.05, 3.63) is 0 Å². The number of hydrogen-bond donors (Lipinski definition) is 1.